The Kier molecular flexibility index (Phi) is 5.64. The van der Waals surface area contributed by atoms with Gasteiger partial charge < -0.3 is 10.1 Å². The van der Waals surface area contributed by atoms with Gasteiger partial charge in [-0.3, -0.25) is 0 Å². The van der Waals surface area contributed by atoms with Gasteiger partial charge in [-0.05, 0) is 26.3 Å². The summed E-state index contributed by atoms with van der Waals surface area (Å²) >= 11 is 0. The first kappa shape index (κ1) is 11.4. The van der Waals surface area contributed by atoms with Crippen LogP contribution in [0.15, 0.2) is 12.7 Å². The van der Waals surface area contributed by atoms with E-state index in [4.69, 9.17) is 0 Å². The van der Waals surface area contributed by atoms with Crippen LogP contribution in [0.3, 0.4) is 0 Å². The van der Waals surface area contributed by atoms with E-state index in [-0.39, 0.29) is 0 Å². The van der Waals surface area contributed by atoms with E-state index in [9.17, 15) is 4.79 Å². The maximum atomic E-state index is 10.7. The van der Waals surface area contributed by atoms with Crippen LogP contribution in [0.1, 0.15) is 33.1 Å². The lowest BCUT2D eigenvalue weighted by Crippen LogP contribution is -2.43. The number of aldehydes is 1. The largest absolute Gasteiger partial charge is 0.305 e. The fourth-order valence-corrected chi connectivity index (χ4v) is 1.01. The van der Waals surface area contributed by atoms with Gasteiger partial charge in [-0.15, -0.1) is 6.58 Å². The van der Waals surface area contributed by atoms with Gasteiger partial charge in [0.25, 0.3) is 0 Å². The quantitative estimate of drug-likeness (QED) is 0.358. The summed E-state index contributed by atoms with van der Waals surface area (Å²) in [5, 5.41) is 3.21. The summed E-state index contributed by atoms with van der Waals surface area (Å²) in [5.41, 5.74) is -0.406. The average Bonchev–Trinajstić information content (AvgIpc) is 2.06. The van der Waals surface area contributed by atoms with Crippen molar-refractivity contribution >= 4 is 6.29 Å². The predicted octanol–water partition coefficient (Wildman–Crippen LogP) is 1.91. The molecule has 12 heavy (non-hydrogen) atoms. The summed E-state index contributed by atoms with van der Waals surface area (Å²) in [6.07, 6.45) is 5.69. The van der Waals surface area contributed by atoms with Gasteiger partial charge in [0.1, 0.15) is 6.29 Å². The maximum Gasteiger partial charge on any atom is 0.140 e. The summed E-state index contributed by atoms with van der Waals surface area (Å²) in [6.45, 7) is 8.56. The lowest BCUT2D eigenvalue weighted by atomic mass is 10.00. The zero-order valence-corrected chi connectivity index (χ0v) is 8.10. The molecule has 0 aliphatic heterocycles. The summed E-state index contributed by atoms with van der Waals surface area (Å²) in [4.78, 5) is 10.7. The molecule has 0 aliphatic carbocycles. The molecule has 0 bridgehead atoms. The summed E-state index contributed by atoms with van der Waals surface area (Å²) < 4.78 is 0. The van der Waals surface area contributed by atoms with Crippen molar-refractivity contribution in [1.29, 1.82) is 0 Å². The molecule has 0 aliphatic rings. The normalized spacial score (nSPS) is 15.2. The Morgan fingerprint density at radius 1 is 1.58 bits per heavy atom. The Labute approximate surface area is 75.0 Å². The van der Waals surface area contributed by atoms with Crippen molar-refractivity contribution in [3.8, 4) is 0 Å². The molecule has 0 amide bonds. The van der Waals surface area contributed by atoms with E-state index in [1.165, 1.54) is 0 Å². The van der Waals surface area contributed by atoms with E-state index < -0.39 is 5.54 Å². The van der Waals surface area contributed by atoms with Crippen LogP contribution in [-0.4, -0.2) is 18.4 Å². The molecule has 0 spiro atoms. The minimum absolute atomic E-state index is 0.406. The highest BCUT2D eigenvalue weighted by molar-refractivity contribution is 5.63. The third-order valence-electron chi connectivity index (χ3n) is 1.89. The Morgan fingerprint density at radius 3 is 2.67 bits per heavy atom. The molecule has 0 rings (SSSR count). The molecule has 0 fully saturated rings. The third-order valence-corrected chi connectivity index (χ3v) is 1.89. The van der Waals surface area contributed by atoms with Crippen molar-refractivity contribution < 1.29 is 4.79 Å². The van der Waals surface area contributed by atoms with Crippen LogP contribution >= 0.6 is 0 Å². The number of carbonyl (C=O) groups is 1. The van der Waals surface area contributed by atoms with Crippen LogP contribution < -0.4 is 5.32 Å². The van der Waals surface area contributed by atoms with Crippen LogP contribution in [0.2, 0.25) is 0 Å². The van der Waals surface area contributed by atoms with Crippen molar-refractivity contribution in [3.63, 3.8) is 0 Å². The third kappa shape index (κ3) is 4.29. The monoisotopic (exact) mass is 169 g/mol. The van der Waals surface area contributed by atoms with Gasteiger partial charge in [-0.2, -0.15) is 0 Å². The van der Waals surface area contributed by atoms with E-state index in [2.05, 4.69) is 18.8 Å². The van der Waals surface area contributed by atoms with Crippen molar-refractivity contribution in [3.05, 3.63) is 12.7 Å². The van der Waals surface area contributed by atoms with Crippen LogP contribution in [0.5, 0.6) is 0 Å². The van der Waals surface area contributed by atoms with Crippen molar-refractivity contribution in [2.75, 3.05) is 6.54 Å². The van der Waals surface area contributed by atoms with Crippen LogP contribution in [-0.2, 0) is 4.79 Å². The number of nitrogens with one attached hydrogen (secondary N) is 1. The molecule has 70 valence electrons. The molecule has 0 saturated heterocycles. The topological polar surface area (TPSA) is 29.1 Å². The second-order valence-corrected chi connectivity index (χ2v) is 3.31. The molecule has 1 unspecified atom stereocenters. The highest BCUT2D eigenvalue weighted by atomic mass is 16.1. The first-order valence-corrected chi connectivity index (χ1v) is 4.51. The van der Waals surface area contributed by atoms with Crippen molar-refractivity contribution in [1.82, 2.24) is 5.32 Å². The SMILES string of the molecule is C=CCC(C)(C=O)NCCCC. The molecule has 0 aromatic rings. The van der Waals surface area contributed by atoms with E-state index in [1.54, 1.807) is 6.08 Å². The second kappa shape index (κ2) is 5.95. The molecule has 0 aromatic heterocycles. The molecular formula is C10H19NO. The average molecular weight is 169 g/mol. The number of hydrogen-bond acceptors (Lipinski definition) is 2. The van der Waals surface area contributed by atoms with E-state index in [1.807, 2.05) is 6.92 Å². The summed E-state index contributed by atoms with van der Waals surface area (Å²) in [6, 6.07) is 0. The molecule has 2 nitrogen and oxygen atoms in total. The molecule has 0 heterocycles. The number of rotatable bonds is 7. The Hall–Kier alpha value is -0.630. The zero-order valence-electron chi connectivity index (χ0n) is 8.10. The maximum absolute atomic E-state index is 10.7. The molecule has 0 radical (unpaired) electrons. The standard InChI is InChI=1S/C10H19NO/c1-4-6-8-11-10(3,9-12)7-5-2/h5,9,11H,2,4,6-8H2,1,3H3. The second-order valence-electron chi connectivity index (χ2n) is 3.31. The number of carbonyl (C=O) groups excluding carboxylic acids is 1. The summed E-state index contributed by atoms with van der Waals surface area (Å²) in [5.74, 6) is 0. The Balaban J connectivity index is 3.78. The highest BCUT2D eigenvalue weighted by Gasteiger charge is 2.19. The van der Waals surface area contributed by atoms with Gasteiger partial charge in [-0.25, -0.2) is 0 Å². The summed E-state index contributed by atoms with van der Waals surface area (Å²) in [7, 11) is 0. The first-order valence-electron chi connectivity index (χ1n) is 4.51. The van der Waals surface area contributed by atoms with Gasteiger partial charge in [0, 0.05) is 0 Å². The lowest BCUT2D eigenvalue weighted by Gasteiger charge is -2.22. The van der Waals surface area contributed by atoms with Gasteiger partial charge in [-0.1, -0.05) is 19.4 Å². The van der Waals surface area contributed by atoms with E-state index >= 15 is 0 Å². The Bertz CT molecular complexity index is 145. The fraction of sp³-hybridized carbons (Fsp3) is 0.700. The first-order chi connectivity index (χ1) is 5.68. The molecule has 0 aromatic carbocycles. The lowest BCUT2D eigenvalue weighted by molar-refractivity contribution is -0.112. The minimum atomic E-state index is -0.406. The van der Waals surface area contributed by atoms with Crippen LogP contribution in [0, 0.1) is 0 Å². The van der Waals surface area contributed by atoms with Crippen LogP contribution in [0.25, 0.3) is 0 Å². The van der Waals surface area contributed by atoms with E-state index in [0.29, 0.717) is 6.42 Å². The van der Waals surface area contributed by atoms with Crippen LogP contribution in [0.4, 0.5) is 0 Å². The number of unbranched alkanes of at least 4 members (excludes halogenated alkanes) is 1. The van der Waals surface area contributed by atoms with Crippen molar-refractivity contribution in [2.24, 2.45) is 0 Å². The number of hydrogen-bond donors (Lipinski definition) is 1. The predicted molar refractivity (Wildman–Crippen MR) is 52.2 cm³/mol. The molecular weight excluding hydrogens is 150 g/mol. The van der Waals surface area contributed by atoms with Gasteiger partial charge >= 0.3 is 0 Å². The fourth-order valence-electron chi connectivity index (χ4n) is 1.01. The molecule has 0 saturated carbocycles. The van der Waals surface area contributed by atoms with Crippen molar-refractivity contribution in [2.45, 2.75) is 38.6 Å². The smallest absolute Gasteiger partial charge is 0.140 e. The van der Waals surface area contributed by atoms with Gasteiger partial charge in [0.15, 0.2) is 0 Å². The van der Waals surface area contributed by atoms with Gasteiger partial charge in [0.2, 0.25) is 0 Å². The zero-order chi connectivity index (χ0) is 9.45. The minimum Gasteiger partial charge on any atom is -0.305 e. The van der Waals surface area contributed by atoms with E-state index in [0.717, 1.165) is 25.7 Å². The molecule has 1 atom stereocenters. The molecule has 2 heteroatoms. The highest BCUT2D eigenvalue weighted by Crippen LogP contribution is 2.06. The Morgan fingerprint density at radius 2 is 2.25 bits per heavy atom. The van der Waals surface area contributed by atoms with Gasteiger partial charge in [0.05, 0.1) is 5.54 Å². The molecule has 1 N–H and O–H groups in total.